The number of ether oxygens (including phenoxy) is 2. The van der Waals surface area contributed by atoms with Crippen molar-refractivity contribution in [2.75, 3.05) is 12.4 Å². The van der Waals surface area contributed by atoms with Crippen LogP contribution in [0.15, 0.2) is 76.3 Å². The average Bonchev–Trinajstić information content (AvgIpc) is 2.84. The van der Waals surface area contributed by atoms with Crippen LogP contribution >= 0.6 is 27.5 Å². The summed E-state index contributed by atoms with van der Waals surface area (Å²) in [5.41, 5.74) is 3.87. The molecule has 0 aliphatic heterocycles. The number of benzene rings is 3. The number of hydrazone groups is 1. The Labute approximate surface area is 209 Å². The smallest absolute Gasteiger partial charge is 0.345 e. The third-order valence-electron chi connectivity index (χ3n) is 4.51. The maximum Gasteiger partial charge on any atom is 0.345 e. The maximum absolute atomic E-state index is 12.4. The summed E-state index contributed by atoms with van der Waals surface area (Å²) in [6.45, 7) is 1.64. The van der Waals surface area contributed by atoms with Gasteiger partial charge in [0.2, 0.25) is 0 Å². The minimum absolute atomic E-state index is 0.182. The molecule has 0 aliphatic rings. The fraction of sp³-hybridized carbons (Fsp3) is 0.0833. The van der Waals surface area contributed by atoms with Crippen LogP contribution in [0, 0.1) is 0 Å². The first-order valence-electron chi connectivity index (χ1n) is 9.84. The molecular weight excluding hydrogens is 526 g/mol. The van der Waals surface area contributed by atoms with E-state index in [-0.39, 0.29) is 22.1 Å². The molecule has 0 unspecified atom stereocenters. The zero-order chi connectivity index (χ0) is 24.7. The summed E-state index contributed by atoms with van der Waals surface area (Å²) in [5, 5.41) is 6.71. The van der Waals surface area contributed by atoms with Gasteiger partial charge in [0, 0.05) is 15.7 Å². The highest BCUT2D eigenvalue weighted by Crippen LogP contribution is 2.30. The van der Waals surface area contributed by atoms with E-state index in [1.807, 2.05) is 0 Å². The van der Waals surface area contributed by atoms with E-state index in [9.17, 15) is 14.4 Å². The van der Waals surface area contributed by atoms with Crippen LogP contribution in [0.5, 0.6) is 11.5 Å². The standard InChI is InChI=1S/C24H19BrClN3O5/c1-14(28-29-23(31)22(30)27-17-10-8-16(25)9-11-17)15-7-12-20(21(13-15)33-2)34-24(32)18-5-3-4-6-19(18)26/h3-13H,1-2H3,(H,27,30)(H,29,31)/b28-14+. The molecule has 0 aromatic heterocycles. The molecule has 10 heteroatoms. The largest absolute Gasteiger partial charge is 0.493 e. The lowest BCUT2D eigenvalue weighted by Crippen LogP contribution is -2.32. The number of esters is 1. The van der Waals surface area contributed by atoms with Gasteiger partial charge in [0.1, 0.15) is 0 Å². The Hall–Kier alpha value is -3.69. The number of nitrogens with one attached hydrogen (secondary N) is 2. The van der Waals surface area contributed by atoms with Crippen LogP contribution in [0.25, 0.3) is 0 Å². The number of anilines is 1. The molecule has 0 spiro atoms. The van der Waals surface area contributed by atoms with Gasteiger partial charge in [0.05, 0.1) is 23.4 Å². The van der Waals surface area contributed by atoms with Gasteiger partial charge in [0.15, 0.2) is 11.5 Å². The van der Waals surface area contributed by atoms with Crippen molar-refractivity contribution in [1.29, 1.82) is 0 Å². The molecule has 0 bridgehead atoms. The number of hydrogen-bond acceptors (Lipinski definition) is 6. The lowest BCUT2D eigenvalue weighted by atomic mass is 10.1. The Morgan fingerprint density at radius 2 is 1.65 bits per heavy atom. The summed E-state index contributed by atoms with van der Waals surface area (Å²) in [4.78, 5) is 36.6. The highest BCUT2D eigenvalue weighted by molar-refractivity contribution is 9.10. The van der Waals surface area contributed by atoms with Crippen molar-refractivity contribution in [3.05, 3.63) is 87.4 Å². The van der Waals surface area contributed by atoms with Crippen molar-refractivity contribution >= 4 is 56.7 Å². The van der Waals surface area contributed by atoms with Crippen molar-refractivity contribution in [3.8, 4) is 11.5 Å². The second-order valence-corrected chi connectivity index (χ2v) is 8.16. The van der Waals surface area contributed by atoms with Gasteiger partial charge in [-0.05, 0) is 61.5 Å². The van der Waals surface area contributed by atoms with E-state index < -0.39 is 17.8 Å². The number of rotatable bonds is 6. The van der Waals surface area contributed by atoms with Crippen LogP contribution in [-0.2, 0) is 9.59 Å². The van der Waals surface area contributed by atoms with E-state index in [0.717, 1.165) is 4.47 Å². The number of nitrogens with zero attached hydrogens (tertiary/aromatic N) is 1. The Bertz CT molecular complexity index is 1260. The monoisotopic (exact) mass is 543 g/mol. The summed E-state index contributed by atoms with van der Waals surface area (Å²) in [7, 11) is 1.42. The Balaban J connectivity index is 1.67. The fourth-order valence-electron chi connectivity index (χ4n) is 2.73. The summed E-state index contributed by atoms with van der Waals surface area (Å²) in [6, 6.07) is 18.0. The molecule has 3 aromatic carbocycles. The molecule has 0 heterocycles. The number of halogens is 2. The van der Waals surface area contributed by atoms with Gasteiger partial charge in [-0.2, -0.15) is 5.10 Å². The van der Waals surface area contributed by atoms with Gasteiger partial charge in [-0.3, -0.25) is 9.59 Å². The Morgan fingerprint density at radius 1 is 0.941 bits per heavy atom. The van der Waals surface area contributed by atoms with Gasteiger partial charge >= 0.3 is 17.8 Å². The fourth-order valence-corrected chi connectivity index (χ4v) is 3.21. The maximum atomic E-state index is 12.4. The molecule has 8 nitrogen and oxygen atoms in total. The van der Waals surface area contributed by atoms with E-state index >= 15 is 0 Å². The van der Waals surface area contributed by atoms with Gasteiger partial charge in [0.25, 0.3) is 0 Å². The van der Waals surface area contributed by atoms with Crippen LogP contribution in [0.4, 0.5) is 5.69 Å². The Morgan fingerprint density at radius 3 is 2.32 bits per heavy atom. The van der Waals surface area contributed by atoms with E-state index in [4.69, 9.17) is 21.1 Å². The minimum Gasteiger partial charge on any atom is -0.493 e. The zero-order valence-corrected chi connectivity index (χ0v) is 20.4. The first kappa shape index (κ1) is 24.9. The summed E-state index contributed by atoms with van der Waals surface area (Å²) >= 11 is 9.34. The van der Waals surface area contributed by atoms with E-state index in [1.54, 1.807) is 67.6 Å². The lowest BCUT2D eigenvalue weighted by molar-refractivity contribution is -0.136. The molecule has 2 amide bonds. The molecule has 3 rings (SSSR count). The quantitative estimate of drug-likeness (QED) is 0.152. The average molecular weight is 545 g/mol. The SMILES string of the molecule is COc1cc(/C(C)=N/NC(=O)C(=O)Nc2ccc(Br)cc2)ccc1OC(=O)c1ccccc1Cl. The van der Waals surface area contributed by atoms with Crippen molar-refractivity contribution in [3.63, 3.8) is 0 Å². The molecule has 34 heavy (non-hydrogen) atoms. The van der Waals surface area contributed by atoms with Crippen molar-refractivity contribution in [1.82, 2.24) is 5.43 Å². The molecule has 0 saturated carbocycles. The summed E-state index contributed by atoms with van der Waals surface area (Å²) < 4.78 is 11.6. The molecule has 0 atom stereocenters. The highest BCUT2D eigenvalue weighted by atomic mass is 79.9. The molecule has 3 aromatic rings. The number of hydrogen-bond donors (Lipinski definition) is 2. The van der Waals surface area contributed by atoms with E-state index in [2.05, 4.69) is 31.8 Å². The predicted octanol–water partition coefficient (Wildman–Crippen LogP) is 4.81. The molecular formula is C24H19BrClN3O5. The lowest BCUT2D eigenvalue weighted by Gasteiger charge is -2.11. The van der Waals surface area contributed by atoms with Crippen LogP contribution in [0.3, 0.4) is 0 Å². The van der Waals surface area contributed by atoms with Crippen LogP contribution in [0.1, 0.15) is 22.8 Å². The second kappa shape index (κ2) is 11.4. The second-order valence-electron chi connectivity index (χ2n) is 6.83. The van der Waals surface area contributed by atoms with Crippen molar-refractivity contribution < 1.29 is 23.9 Å². The Kier molecular flexibility index (Phi) is 8.39. The minimum atomic E-state index is -0.931. The van der Waals surface area contributed by atoms with Crippen molar-refractivity contribution in [2.24, 2.45) is 5.10 Å². The normalized spacial score (nSPS) is 10.9. The molecule has 0 aliphatic carbocycles. The predicted molar refractivity (Wildman–Crippen MR) is 133 cm³/mol. The van der Waals surface area contributed by atoms with Crippen molar-refractivity contribution in [2.45, 2.75) is 6.92 Å². The summed E-state index contributed by atoms with van der Waals surface area (Å²) in [6.07, 6.45) is 0. The van der Waals surface area contributed by atoms with Gasteiger partial charge < -0.3 is 14.8 Å². The number of carbonyl (C=O) groups excluding carboxylic acids is 3. The van der Waals surface area contributed by atoms with Gasteiger partial charge in [-0.25, -0.2) is 10.2 Å². The zero-order valence-electron chi connectivity index (χ0n) is 18.1. The molecule has 0 radical (unpaired) electrons. The third-order valence-corrected chi connectivity index (χ3v) is 5.37. The molecule has 174 valence electrons. The summed E-state index contributed by atoms with van der Waals surface area (Å²) in [5.74, 6) is -1.97. The molecule has 0 saturated heterocycles. The first-order chi connectivity index (χ1) is 16.3. The van der Waals surface area contributed by atoms with Crippen LogP contribution in [-0.4, -0.2) is 30.6 Å². The molecule has 0 fully saturated rings. The van der Waals surface area contributed by atoms with Gasteiger partial charge in [-0.15, -0.1) is 0 Å². The number of amides is 2. The molecule has 2 N–H and O–H groups in total. The van der Waals surface area contributed by atoms with Crippen LogP contribution < -0.4 is 20.2 Å². The van der Waals surface area contributed by atoms with E-state index in [1.165, 1.54) is 13.2 Å². The van der Waals surface area contributed by atoms with Gasteiger partial charge in [-0.1, -0.05) is 39.7 Å². The highest BCUT2D eigenvalue weighted by Gasteiger charge is 2.17. The first-order valence-corrected chi connectivity index (χ1v) is 11.0. The van der Waals surface area contributed by atoms with E-state index in [0.29, 0.717) is 17.0 Å². The van der Waals surface area contributed by atoms with Crippen LogP contribution in [0.2, 0.25) is 5.02 Å². The third kappa shape index (κ3) is 6.43. The number of carbonyl (C=O) groups is 3. The number of methoxy groups -OCH3 is 1. The topological polar surface area (TPSA) is 106 Å².